The number of nitrogens with one attached hydrogen (secondary N) is 1. The lowest BCUT2D eigenvalue weighted by Crippen LogP contribution is -2.44. The molecule has 0 aliphatic heterocycles. The topological polar surface area (TPSA) is 116 Å². The molecule has 1 aromatic heterocycles. The van der Waals surface area contributed by atoms with E-state index in [1.807, 2.05) is 0 Å². The Kier molecular flexibility index (Phi) is 3.83. The van der Waals surface area contributed by atoms with E-state index in [4.69, 9.17) is 0 Å². The largest absolute Gasteiger partial charge is 0.374 e. The van der Waals surface area contributed by atoms with Crippen molar-refractivity contribution in [2.24, 2.45) is 14.1 Å². The zero-order chi connectivity index (χ0) is 15.8. The second kappa shape index (κ2) is 4.91. The molecule has 0 bridgehead atoms. The van der Waals surface area contributed by atoms with Crippen LogP contribution in [0.4, 0.5) is 11.5 Å². The Morgan fingerprint density at radius 2 is 1.75 bits per heavy atom. The fourth-order valence-corrected chi connectivity index (χ4v) is 1.52. The number of ketones is 1. The van der Waals surface area contributed by atoms with Crippen LogP contribution in [-0.4, -0.2) is 25.4 Å². The Bertz CT molecular complexity index is 698. The van der Waals surface area contributed by atoms with Crippen molar-refractivity contribution in [2.45, 2.75) is 26.3 Å². The number of Topliss-reactive ketones (excluding diaryl/α,β-unsaturated/α-hetero) is 1. The molecule has 9 heteroatoms. The van der Waals surface area contributed by atoms with Crippen LogP contribution >= 0.6 is 0 Å². The minimum Gasteiger partial charge on any atom is -0.354 e. The number of nitro groups is 1. The van der Waals surface area contributed by atoms with E-state index >= 15 is 0 Å². The Morgan fingerprint density at radius 1 is 1.25 bits per heavy atom. The van der Waals surface area contributed by atoms with Crippen LogP contribution in [0, 0.1) is 10.1 Å². The van der Waals surface area contributed by atoms with Crippen molar-refractivity contribution >= 4 is 17.3 Å². The average molecular weight is 284 g/mol. The van der Waals surface area contributed by atoms with Crippen LogP contribution < -0.4 is 16.6 Å². The van der Waals surface area contributed by atoms with Gasteiger partial charge in [-0.05, 0) is 20.8 Å². The van der Waals surface area contributed by atoms with E-state index in [0.29, 0.717) is 4.57 Å². The molecule has 110 valence electrons. The maximum Gasteiger partial charge on any atom is 0.374 e. The van der Waals surface area contributed by atoms with E-state index < -0.39 is 27.4 Å². The molecular weight excluding hydrogens is 268 g/mol. The lowest BCUT2D eigenvalue weighted by Gasteiger charge is -2.25. The van der Waals surface area contributed by atoms with Crippen LogP contribution in [0.1, 0.15) is 20.8 Å². The third-order valence-corrected chi connectivity index (χ3v) is 3.13. The number of aromatic nitrogens is 2. The quantitative estimate of drug-likeness (QED) is 0.603. The molecule has 9 nitrogen and oxygen atoms in total. The summed E-state index contributed by atoms with van der Waals surface area (Å²) in [6.07, 6.45) is 0. The Labute approximate surface area is 114 Å². The molecule has 1 heterocycles. The molecule has 1 N–H and O–H groups in total. The van der Waals surface area contributed by atoms with Gasteiger partial charge in [-0.25, -0.2) is 4.79 Å². The first kappa shape index (κ1) is 15.6. The fourth-order valence-electron chi connectivity index (χ4n) is 1.52. The van der Waals surface area contributed by atoms with Crippen molar-refractivity contribution in [2.75, 3.05) is 5.32 Å². The van der Waals surface area contributed by atoms with Gasteiger partial charge in [0.2, 0.25) is 0 Å². The van der Waals surface area contributed by atoms with Gasteiger partial charge in [0.05, 0.1) is 10.5 Å². The molecule has 1 rings (SSSR count). The van der Waals surface area contributed by atoms with Crippen LogP contribution in [0.5, 0.6) is 0 Å². The zero-order valence-electron chi connectivity index (χ0n) is 11.9. The predicted molar refractivity (Wildman–Crippen MR) is 72.0 cm³/mol. The van der Waals surface area contributed by atoms with Crippen LogP contribution in [0.3, 0.4) is 0 Å². The lowest BCUT2D eigenvalue weighted by atomic mass is 10.0. The maximum absolute atomic E-state index is 11.8. The van der Waals surface area contributed by atoms with Crippen molar-refractivity contribution in [3.63, 3.8) is 0 Å². The van der Waals surface area contributed by atoms with E-state index in [1.54, 1.807) is 0 Å². The molecule has 0 spiro atoms. The molecule has 0 saturated heterocycles. The number of carbonyl (C=O) groups is 1. The fraction of sp³-hybridized carbons (Fsp3) is 0.545. The van der Waals surface area contributed by atoms with Crippen LogP contribution in [0.15, 0.2) is 9.59 Å². The second-order valence-electron chi connectivity index (χ2n) is 4.97. The highest BCUT2D eigenvalue weighted by Crippen LogP contribution is 2.21. The summed E-state index contributed by atoms with van der Waals surface area (Å²) in [6, 6.07) is 0. The van der Waals surface area contributed by atoms with Gasteiger partial charge in [0, 0.05) is 14.1 Å². The normalized spacial score (nSPS) is 11.2. The summed E-state index contributed by atoms with van der Waals surface area (Å²) in [7, 11) is 2.44. The smallest absolute Gasteiger partial charge is 0.354 e. The van der Waals surface area contributed by atoms with E-state index in [0.717, 1.165) is 11.6 Å². The molecule has 0 unspecified atom stereocenters. The summed E-state index contributed by atoms with van der Waals surface area (Å²) in [4.78, 5) is 45.3. The highest BCUT2D eigenvalue weighted by atomic mass is 16.6. The number of anilines is 1. The van der Waals surface area contributed by atoms with Crippen molar-refractivity contribution in [1.82, 2.24) is 9.13 Å². The van der Waals surface area contributed by atoms with E-state index in [2.05, 4.69) is 5.32 Å². The molecule has 20 heavy (non-hydrogen) atoms. The molecule has 0 atom stereocenters. The molecule has 0 fully saturated rings. The van der Waals surface area contributed by atoms with Crippen molar-refractivity contribution in [1.29, 1.82) is 0 Å². The van der Waals surface area contributed by atoms with Crippen molar-refractivity contribution in [3.05, 3.63) is 31.0 Å². The van der Waals surface area contributed by atoms with Crippen molar-refractivity contribution in [3.8, 4) is 0 Å². The van der Waals surface area contributed by atoms with Crippen LogP contribution in [0.25, 0.3) is 0 Å². The van der Waals surface area contributed by atoms with Crippen LogP contribution in [-0.2, 0) is 18.9 Å². The van der Waals surface area contributed by atoms with Crippen LogP contribution in [0.2, 0.25) is 0 Å². The number of rotatable bonds is 4. The average Bonchev–Trinajstić information content (AvgIpc) is 2.32. The number of hydrogen-bond acceptors (Lipinski definition) is 6. The van der Waals surface area contributed by atoms with Gasteiger partial charge < -0.3 is 5.32 Å². The summed E-state index contributed by atoms with van der Waals surface area (Å²) in [6.45, 7) is 4.31. The summed E-state index contributed by atoms with van der Waals surface area (Å²) >= 11 is 0. The van der Waals surface area contributed by atoms with Gasteiger partial charge in [-0.15, -0.1) is 0 Å². The highest BCUT2D eigenvalue weighted by molar-refractivity contribution is 5.88. The van der Waals surface area contributed by atoms with E-state index in [-0.39, 0.29) is 11.6 Å². The molecule has 0 saturated carbocycles. The number of carbonyl (C=O) groups excluding carboxylic acids is 1. The summed E-state index contributed by atoms with van der Waals surface area (Å²) in [5.41, 5.74) is -3.67. The number of nitrogens with zero attached hydrogens (tertiary/aromatic N) is 3. The second-order valence-corrected chi connectivity index (χ2v) is 4.97. The van der Waals surface area contributed by atoms with E-state index in [9.17, 15) is 24.5 Å². The zero-order valence-corrected chi connectivity index (χ0v) is 11.9. The number of hydrogen-bond donors (Lipinski definition) is 1. The first-order valence-electron chi connectivity index (χ1n) is 5.74. The third-order valence-electron chi connectivity index (χ3n) is 3.13. The van der Waals surface area contributed by atoms with Gasteiger partial charge >= 0.3 is 16.9 Å². The van der Waals surface area contributed by atoms with Gasteiger partial charge in [-0.1, -0.05) is 0 Å². The van der Waals surface area contributed by atoms with E-state index in [1.165, 1.54) is 27.8 Å². The Balaban J connectivity index is 3.70. The minimum absolute atomic E-state index is 0.289. The molecule has 0 aliphatic carbocycles. The standard InChI is InChI=1S/C11H16N4O5/c1-6(16)11(2,3)12-8-7(15(19)20)9(17)14(5)10(18)13(8)4/h12H,1-5H3. The molecule has 0 aromatic carbocycles. The van der Waals surface area contributed by atoms with Crippen molar-refractivity contribution < 1.29 is 9.72 Å². The van der Waals surface area contributed by atoms with Gasteiger partial charge in [0.25, 0.3) is 0 Å². The molecule has 0 radical (unpaired) electrons. The van der Waals surface area contributed by atoms with Gasteiger partial charge in [-0.3, -0.25) is 28.8 Å². The molecule has 0 amide bonds. The minimum atomic E-state index is -1.15. The molecular formula is C11H16N4O5. The third kappa shape index (κ3) is 2.46. The lowest BCUT2D eigenvalue weighted by molar-refractivity contribution is -0.386. The molecule has 1 aromatic rings. The van der Waals surface area contributed by atoms with Gasteiger partial charge in [0.1, 0.15) is 0 Å². The van der Waals surface area contributed by atoms with Gasteiger partial charge in [0.15, 0.2) is 11.6 Å². The predicted octanol–water partition coefficient (Wildman–Crippen LogP) is -0.228. The monoisotopic (exact) mass is 284 g/mol. The highest BCUT2D eigenvalue weighted by Gasteiger charge is 2.32. The van der Waals surface area contributed by atoms with Gasteiger partial charge in [-0.2, -0.15) is 0 Å². The first-order chi connectivity index (χ1) is 9.00. The summed E-state index contributed by atoms with van der Waals surface area (Å²) in [5.74, 6) is -0.580. The Hall–Kier alpha value is -2.45. The Morgan fingerprint density at radius 3 is 2.15 bits per heavy atom. The first-order valence-corrected chi connectivity index (χ1v) is 5.74. The summed E-state index contributed by atoms with van der Waals surface area (Å²) < 4.78 is 1.58. The molecule has 0 aliphatic rings. The SMILES string of the molecule is CC(=O)C(C)(C)Nc1c([N+](=O)[O-])c(=O)n(C)c(=O)n1C. The maximum atomic E-state index is 11.8. The summed E-state index contributed by atoms with van der Waals surface area (Å²) in [5, 5.41) is 13.7.